The van der Waals surface area contributed by atoms with E-state index >= 15 is 0 Å². The molecule has 0 bridgehead atoms. The first-order valence-electron chi connectivity index (χ1n) is 5.50. The Morgan fingerprint density at radius 3 is 2.50 bits per heavy atom. The monoisotopic (exact) mass is 330 g/mol. The molecule has 1 aromatic heterocycles. The molecule has 7 heteroatoms. The normalized spacial score (nSPS) is 10.4. The van der Waals surface area contributed by atoms with Gasteiger partial charge in [-0.1, -0.05) is 34.8 Å². The van der Waals surface area contributed by atoms with Crippen LogP contribution in [0.2, 0.25) is 15.2 Å². The average molecular weight is 332 g/mol. The van der Waals surface area contributed by atoms with E-state index < -0.39 is 5.97 Å². The predicted molar refractivity (Wildman–Crippen MR) is 80.7 cm³/mol. The summed E-state index contributed by atoms with van der Waals surface area (Å²) in [6.45, 7) is 1.83. The highest BCUT2D eigenvalue weighted by Crippen LogP contribution is 2.31. The van der Waals surface area contributed by atoms with Gasteiger partial charge in [-0.15, -0.1) is 0 Å². The van der Waals surface area contributed by atoms with Crippen LogP contribution in [-0.4, -0.2) is 16.1 Å². The maximum atomic E-state index is 11.0. The van der Waals surface area contributed by atoms with Gasteiger partial charge < -0.3 is 10.4 Å². The van der Waals surface area contributed by atoms with Gasteiger partial charge in [0, 0.05) is 5.02 Å². The van der Waals surface area contributed by atoms with Gasteiger partial charge in [-0.3, -0.25) is 0 Å². The number of pyridine rings is 1. The Labute approximate surface area is 130 Å². The van der Waals surface area contributed by atoms with E-state index in [1.54, 1.807) is 12.1 Å². The quantitative estimate of drug-likeness (QED) is 0.794. The lowest BCUT2D eigenvalue weighted by Crippen LogP contribution is -2.01. The lowest BCUT2D eigenvalue weighted by Gasteiger charge is -2.10. The van der Waals surface area contributed by atoms with E-state index in [0.717, 1.165) is 5.56 Å². The lowest BCUT2D eigenvalue weighted by molar-refractivity contribution is 0.0697. The summed E-state index contributed by atoms with van der Waals surface area (Å²) in [5.41, 5.74) is 1.39. The first kappa shape index (κ1) is 14.9. The number of hydrogen-bond donors (Lipinski definition) is 2. The Hall–Kier alpha value is -1.49. The third kappa shape index (κ3) is 3.33. The highest BCUT2D eigenvalue weighted by Gasteiger charge is 2.10. The van der Waals surface area contributed by atoms with Crippen molar-refractivity contribution in [1.29, 1.82) is 0 Å². The van der Waals surface area contributed by atoms with Gasteiger partial charge >= 0.3 is 5.97 Å². The molecule has 0 saturated carbocycles. The molecule has 0 aliphatic rings. The zero-order valence-corrected chi connectivity index (χ0v) is 12.5. The van der Waals surface area contributed by atoms with Crippen molar-refractivity contribution >= 4 is 52.3 Å². The van der Waals surface area contributed by atoms with Crippen LogP contribution in [0, 0.1) is 6.92 Å². The number of anilines is 2. The minimum atomic E-state index is -1.09. The minimum Gasteiger partial charge on any atom is -0.478 e. The van der Waals surface area contributed by atoms with Gasteiger partial charge in [0.15, 0.2) is 0 Å². The third-order valence-corrected chi connectivity index (χ3v) is 3.47. The Morgan fingerprint density at radius 2 is 1.85 bits per heavy atom. The smallest absolute Gasteiger partial charge is 0.335 e. The number of carboxylic acid groups (broad SMARTS) is 1. The molecule has 20 heavy (non-hydrogen) atoms. The molecule has 2 N–H and O–H groups in total. The largest absolute Gasteiger partial charge is 0.478 e. The number of carboxylic acids is 1. The summed E-state index contributed by atoms with van der Waals surface area (Å²) in [7, 11) is 0. The van der Waals surface area contributed by atoms with E-state index in [-0.39, 0.29) is 16.5 Å². The maximum Gasteiger partial charge on any atom is 0.335 e. The SMILES string of the molecule is Cc1cc(Cl)c(Nc2cc(C(=O)O)cc(Cl)n2)cc1Cl. The second kappa shape index (κ2) is 5.87. The third-order valence-electron chi connectivity index (χ3n) is 2.55. The number of aromatic nitrogens is 1. The molecule has 0 aliphatic carbocycles. The maximum absolute atomic E-state index is 11.0. The van der Waals surface area contributed by atoms with E-state index in [0.29, 0.717) is 15.7 Å². The summed E-state index contributed by atoms with van der Waals surface area (Å²) >= 11 is 17.9. The Kier molecular flexibility index (Phi) is 4.38. The summed E-state index contributed by atoms with van der Waals surface area (Å²) in [6, 6.07) is 5.97. The topological polar surface area (TPSA) is 62.2 Å². The number of halogens is 3. The molecule has 1 heterocycles. The van der Waals surface area contributed by atoms with E-state index in [9.17, 15) is 4.79 Å². The van der Waals surface area contributed by atoms with E-state index in [2.05, 4.69) is 10.3 Å². The second-order valence-electron chi connectivity index (χ2n) is 4.08. The summed E-state index contributed by atoms with van der Waals surface area (Å²) in [5, 5.41) is 12.9. The Bertz CT molecular complexity index is 690. The van der Waals surface area contributed by atoms with Crippen molar-refractivity contribution in [3.63, 3.8) is 0 Å². The summed E-state index contributed by atoms with van der Waals surface area (Å²) in [4.78, 5) is 15.0. The predicted octanol–water partition coefficient (Wildman–Crippen LogP) is 4.79. The second-order valence-corrected chi connectivity index (χ2v) is 5.28. The van der Waals surface area contributed by atoms with Crippen LogP contribution in [-0.2, 0) is 0 Å². The Balaban J connectivity index is 2.40. The standard InChI is InChI=1S/C13H9Cl3N2O2/c1-6-2-9(15)10(5-8(6)14)17-12-4-7(13(19)20)3-11(16)18-12/h2-5H,1H3,(H,17,18)(H,19,20). The van der Waals surface area contributed by atoms with E-state index in [1.165, 1.54) is 12.1 Å². The van der Waals surface area contributed by atoms with E-state index in [4.69, 9.17) is 39.9 Å². The van der Waals surface area contributed by atoms with Crippen LogP contribution >= 0.6 is 34.8 Å². The molecule has 4 nitrogen and oxygen atoms in total. The molecule has 0 amide bonds. The fourth-order valence-electron chi connectivity index (χ4n) is 1.56. The van der Waals surface area contributed by atoms with Crippen LogP contribution in [0.5, 0.6) is 0 Å². The molecule has 0 fully saturated rings. The van der Waals surface area contributed by atoms with Crippen LogP contribution in [0.3, 0.4) is 0 Å². The van der Waals surface area contributed by atoms with Gasteiger partial charge in [0.1, 0.15) is 11.0 Å². The van der Waals surface area contributed by atoms with Gasteiger partial charge in [0.2, 0.25) is 0 Å². The molecular weight excluding hydrogens is 323 g/mol. The van der Waals surface area contributed by atoms with Crippen LogP contribution in [0.1, 0.15) is 15.9 Å². The first-order chi connectivity index (χ1) is 9.36. The fraction of sp³-hybridized carbons (Fsp3) is 0.0769. The average Bonchev–Trinajstić information content (AvgIpc) is 2.35. The van der Waals surface area contributed by atoms with Crippen molar-refractivity contribution in [2.24, 2.45) is 0 Å². The number of hydrogen-bond acceptors (Lipinski definition) is 3. The molecule has 2 rings (SSSR count). The van der Waals surface area contributed by atoms with Crippen LogP contribution in [0.15, 0.2) is 24.3 Å². The van der Waals surface area contributed by atoms with Crippen molar-refractivity contribution < 1.29 is 9.90 Å². The summed E-state index contributed by atoms with van der Waals surface area (Å²) in [6.07, 6.45) is 0. The lowest BCUT2D eigenvalue weighted by atomic mass is 10.2. The number of carbonyl (C=O) groups is 1. The van der Waals surface area contributed by atoms with Gasteiger partial charge in [0.25, 0.3) is 0 Å². The minimum absolute atomic E-state index is 0.0295. The van der Waals surface area contributed by atoms with E-state index in [1.807, 2.05) is 6.92 Å². The highest BCUT2D eigenvalue weighted by molar-refractivity contribution is 6.36. The molecule has 0 spiro atoms. The number of aromatic carboxylic acids is 1. The van der Waals surface area contributed by atoms with Crippen molar-refractivity contribution in [3.8, 4) is 0 Å². The zero-order valence-electron chi connectivity index (χ0n) is 10.2. The number of nitrogens with one attached hydrogen (secondary N) is 1. The number of rotatable bonds is 3. The van der Waals surface area contributed by atoms with Gasteiger partial charge in [-0.25, -0.2) is 9.78 Å². The summed E-state index contributed by atoms with van der Waals surface area (Å²) in [5.74, 6) is -0.817. The number of aryl methyl sites for hydroxylation is 1. The van der Waals surface area contributed by atoms with Crippen LogP contribution < -0.4 is 5.32 Å². The number of nitrogens with zero attached hydrogens (tertiary/aromatic N) is 1. The van der Waals surface area contributed by atoms with Crippen molar-refractivity contribution in [3.05, 3.63) is 50.6 Å². The van der Waals surface area contributed by atoms with Crippen molar-refractivity contribution in [2.75, 3.05) is 5.32 Å². The first-order valence-corrected chi connectivity index (χ1v) is 6.64. The molecule has 0 atom stereocenters. The molecule has 104 valence electrons. The molecule has 0 saturated heterocycles. The van der Waals surface area contributed by atoms with Gasteiger partial charge in [-0.05, 0) is 36.8 Å². The summed E-state index contributed by atoms with van der Waals surface area (Å²) < 4.78 is 0. The molecule has 2 aromatic rings. The molecular formula is C13H9Cl3N2O2. The van der Waals surface area contributed by atoms with Crippen LogP contribution in [0.25, 0.3) is 0 Å². The molecule has 1 aromatic carbocycles. The number of benzene rings is 1. The highest BCUT2D eigenvalue weighted by atomic mass is 35.5. The van der Waals surface area contributed by atoms with Crippen molar-refractivity contribution in [2.45, 2.75) is 6.92 Å². The van der Waals surface area contributed by atoms with Gasteiger partial charge in [-0.2, -0.15) is 0 Å². The molecule has 0 radical (unpaired) electrons. The fourth-order valence-corrected chi connectivity index (χ4v) is 2.20. The zero-order chi connectivity index (χ0) is 14.9. The Morgan fingerprint density at radius 1 is 1.15 bits per heavy atom. The van der Waals surface area contributed by atoms with Crippen LogP contribution in [0.4, 0.5) is 11.5 Å². The van der Waals surface area contributed by atoms with Crippen molar-refractivity contribution in [1.82, 2.24) is 4.98 Å². The molecule has 0 aliphatic heterocycles. The van der Waals surface area contributed by atoms with Gasteiger partial charge in [0.05, 0.1) is 16.3 Å². The molecule has 0 unspecified atom stereocenters.